The van der Waals surface area contributed by atoms with Crippen LogP contribution < -0.4 is 0 Å². The number of benzene rings is 1. The number of fused-ring (bicyclic) bond motifs is 3. The van der Waals surface area contributed by atoms with Crippen molar-refractivity contribution in [2.24, 2.45) is 17.9 Å². The molecule has 2 aromatic rings. The first-order valence-electron chi connectivity index (χ1n) is 8.92. The van der Waals surface area contributed by atoms with Crippen LogP contribution in [0.2, 0.25) is 0 Å². The van der Waals surface area contributed by atoms with Crippen molar-refractivity contribution in [1.29, 1.82) is 0 Å². The lowest BCUT2D eigenvalue weighted by Crippen LogP contribution is -2.50. The van der Waals surface area contributed by atoms with Crippen molar-refractivity contribution in [2.75, 3.05) is 0 Å². The second-order valence-electron chi connectivity index (χ2n) is 8.65. The molecular formula is C21H25NO2. The van der Waals surface area contributed by atoms with E-state index in [0.717, 1.165) is 18.4 Å². The van der Waals surface area contributed by atoms with Gasteiger partial charge in [0.2, 0.25) is 0 Å². The molecule has 3 nitrogen and oxygen atoms in total. The Balaban J connectivity index is 2.01. The number of rotatable bonds is 1. The average Bonchev–Trinajstić information content (AvgIpc) is 2.82. The third-order valence-electron chi connectivity index (χ3n) is 5.99. The fraction of sp³-hybridized carbons (Fsp3) is 0.524. The molecule has 0 unspecified atom stereocenters. The van der Waals surface area contributed by atoms with E-state index in [2.05, 4.69) is 22.9 Å². The molecule has 2 aliphatic carbocycles. The van der Waals surface area contributed by atoms with E-state index in [1.54, 1.807) is 0 Å². The van der Waals surface area contributed by atoms with Crippen LogP contribution in [0.1, 0.15) is 57.1 Å². The highest BCUT2D eigenvalue weighted by Crippen LogP contribution is 2.51. The second-order valence-corrected chi connectivity index (χ2v) is 8.65. The van der Waals surface area contributed by atoms with Crippen molar-refractivity contribution in [3.05, 3.63) is 35.5 Å². The van der Waals surface area contributed by atoms with Crippen molar-refractivity contribution in [1.82, 2.24) is 4.57 Å². The van der Waals surface area contributed by atoms with E-state index in [0.29, 0.717) is 12.8 Å². The molecule has 1 aromatic carbocycles. The maximum atomic E-state index is 13.5. The number of hydrogen-bond donors (Lipinski definition) is 0. The van der Waals surface area contributed by atoms with Crippen LogP contribution in [0.25, 0.3) is 10.9 Å². The number of hydrogen-bond acceptors (Lipinski definition) is 2. The van der Waals surface area contributed by atoms with Gasteiger partial charge in [0.15, 0.2) is 11.6 Å². The molecule has 0 saturated heterocycles. The van der Waals surface area contributed by atoms with Gasteiger partial charge in [0.25, 0.3) is 0 Å². The summed E-state index contributed by atoms with van der Waals surface area (Å²) < 4.78 is 2.13. The highest BCUT2D eigenvalue weighted by Gasteiger charge is 2.54. The molecule has 0 amide bonds. The Morgan fingerprint density at radius 2 is 2.04 bits per heavy atom. The first-order valence-corrected chi connectivity index (χ1v) is 8.92. The third-order valence-corrected chi connectivity index (χ3v) is 5.99. The van der Waals surface area contributed by atoms with Gasteiger partial charge in [-0.05, 0) is 36.5 Å². The van der Waals surface area contributed by atoms with Crippen LogP contribution in [0.15, 0.2) is 24.4 Å². The minimum atomic E-state index is -0.839. The number of aromatic nitrogens is 1. The Kier molecular flexibility index (Phi) is 3.13. The first-order chi connectivity index (χ1) is 11.3. The largest absolute Gasteiger partial charge is 0.350 e. The lowest BCUT2D eigenvalue weighted by molar-refractivity contribution is -0.149. The van der Waals surface area contributed by atoms with Crippen molar-refractivity contribution in [3.63, 3.8) is 0 Å². The van der Waals surface area contributed by atoms with Crippen LogP contribution in [0.3, 0.4) is 0 Å². The summed E-state index contributed by atoms with van der Waals surface area (Å²) in [5, 5.41) is 1.21. The number of Topliss-reactive ketones (excluding diaryl/α,β-unsaturated/α-hetero) is 2. The van der Waals surface area contributed by atoms with Gasteiger partial charge in [-0.15, -0.1) is 0 Å². The summed E-state index contributed by atoms with van der Waals surface area (Å²) in [5.41, 5.74) is 2.13. The Labute approximate surface area is 143 Å². The molecule has 3 heteroatoms. The maximum absolute atomic E-state index is 13.5. The van der Waals surface area contributed by atoms with Crippen LogP contribution >= 0.6 is 0 Å². The van der Waals surface area contributed by atoms with Crippen LogP contribution in [-0.4, -0.2) is 16.1 Å². The van der Waals surface area contributed by atoms with Gasteiger partial charge in [-0.1, -0.05) is 39.3 Å². The zero-order chi connectivity index (χ0) is 17.3. The summed E-state index contributed by atoms with van der Waals surface area (Å²) >= 11 is 0. The van der Waals surface area contributed by atoms with Gasteiger partial charge in [-0.25, -0.2) is 0 Å². The van der Waals surface area contributed by atoms with E-state index in [4.69, 9.17) is 0 Å². The lowest BCUT2D eigenvalue weighted by atomic mass is 9.59. The van der Waals surface area contributed by atoms with Gasteiger partial charge in [0.1, 0.15) is 0 Å². The molecule has 126 valence electrons. The molecule has 24 heavy (non-hydrogen) atoms. The van der Waals surface area contributed by atoms with E-state index < -0.39 is 10.8 Å². The van der Waals surface area contributed by atoms with E-state index in [1.165, 1.54) is 16.5 Å². The monoisotopic (exact) mass is 323 g/mol. The molecule has 1 aromatic heterocycles. The number of nitrogens with zero attached hydrogens (tertiary/aromatic N) is 1. The molecule has 0 radical (unpaired) electrons. The highest BCUT2D eigenvalue weighted by atomic mass is 16.2. The summed E-state index contributed by atoms with van der Waals surface area (Å²) in [7, 11) is 2.05. The molecule has 2 aliphatic rings. The average molecular weight is 323 g/mol. The topological polar surface area (TPSA) is 39.1 Å². The minimum absolute atomic E-state index is 0.120. The van der Waals surface area contributed by atoms with Crippen molar-refractivity contribution in [3.8, 4) is 0 Å². The first kappa shape index (κ1) is 15.6. The van der Waals surface area contributed by atoms with Crippen molar-refractivity contribution < 1.29 is 9.59 Å². The Morgan fingerprint density at radius 3 is 2.75 bits per heavy atom. The molecule has 0 N–H and O–H groups in total. The number of carbonyl (C=O) groups is 2. The van der Waals surface area contributed by atoms with Gasteiger partial charge in [0, 0.05) is 35.5 Å². The van der Waals surface area contributed by atoms with Gasteiger partial charge >= 0.3 is 0 Å². The molecule has 0 aliphatic heterocycles. The van der Waals surface area contributed by atoms with Gasteiger partial charge < -0.3 is 4.57 Å². The standard InChI is InChI=1S/C21H25NO2/c1-20(2,3)19(24)21-10-6-8-15(18(21)23)14-7-5-9-16-17(14)13(11-21)12-22(16)4/h5,7,9,12,15H,6,8,10-11H2,1-4H3/t15-,21-/m0/s1. The molecule has 1 fully saturated rings. The van der Waals surface area contributed by atoms with Crippen LogP contribution in [0.5, 0.6) is 0 Å². The number of aryl methyl sites for hydroxylation is 1. The predicted molar refractivity (Wildman–Crippen MR) is 95.1 cm³/mol. The second kappa shape index (κ2) is 4.81. The number of carbonyl (C=O) groups excluding carboxylic acids is 2. The van der Waals surface area contributed by atoms with E-state index in [-0.39, 0.29) is 17.5 Å². The van der Waals surface area contributed by atoms with Crippen molar-refractivity contribution >= 4 is 22.5 Å². The Hall–Kier alpha value is -1.90. The van der Waals surface area contributed by atoms with Crippen LogP contribution in [0.4, 0.5) is 0 Å². The molecule has 2 bridgehead atoms. The zero-order valence-corrected chi connectivity index (χ0v) is 15.0. The zero-order valence-electron chi connectivity index (χ0n) is 15.0. The number of ketones is 2. The SMILES string of the molecule is Cn1cc2c3c(cccc31)[C@@H]1CCC[C@](C(=O)C(C)(C)C)(C2)C1=O. The molecule has 1 saturated carbocycles. The maximum Gasteiger partial charge on any atom is 0.154 e. The van der Waals surface area contributed by atoms with Gasteiger partial charge in [0.05, 0.1) is 5.41 Å². The fourth-order valence-electron chi connectivity index (χ4n) is 5.01. The van der Waals surface area contributed by atoms with E-state index >= 15 is 0 Å². The molecule has 2 atom stereocenters. The Morgan fingerprint density at radius 1 is 1.29 bits per heavy atom. The smallest absolute Gasteiger partial charge is 0.154 e. The van der Waals surface area contributed by atoms with Crippen LogP contribution in [-0.2, 0) is 23.1 Å². The summed E-state index contributed by atoms with van der Waals surface area (Å²) in [5.74, 6) is 0.159. The summed E-state index contributed by atoms with van der Waals surface area (Å²) in [6.07, 6.45) is 5.20. The molecule has 0 spiro atoms. The van der Waals surface area contributed by atoms with E-state index in [9.17, 15) is 9.59 Å². The summed E-state index contributed by atoms with van der Waals surface area (Å²) in [6.45, 7) is 5.83. The fourth-order valence-corrected chi connectivity index (χ4v) is 5.01. The van der Waals surface area contributed by atoms with Crippen LogP contribution in [0, 0.1) is 10.8 Å². The minimum Gasteiger partial charge on any atom is -0.350 e. The molecular weight excluding hydrogens is 298 g/mol. The van der Waals surface area contributed by atoms with Crippen molar-refractivity contribution in [2.45, 2.75) is 52.4 Å². The molecule has 1 heterocycles. The molecule has 4 rings (SSSR count). The summed E-state index contributed by atoms with van der Waals surface area (Å²) in [6, 6.07) is 6.25. The highest BCUT2D eigenvalue weighted by molar-refractivity contribution is 6.14. The van der Waals surface area contributed by atoms with Gasteiger partial charge in [-0.3, -0.25) is 9.59 Å². The predicted octanol–water partition coefficient (Wildman–Crippen LogP) is 4.17. The van der Waals surface area contributed by atoms with E-state index in [1.807, 2.05) is 33.9 Å². The van der Waals surface area contributed by atoms with Gasteiger partial charge in [-0.2, -0.15) is 0 Å². The summed E-state index contributed by atoms with van der Waals surface area (Å²) in [4.78, 5) is 26.9. The quantitative estimate of drug-likeness (QED) is 0.739. The lowest BCUT2D eigenvalue weighted by Gasteiger charge is -2.40. The third kappa shape index (κ3) is 1.90. The normalized spacial score (nSPS) is 26.5. The Bertz CT molecular complexity index is 868.